The van der Waals surface area contributed by atoms with Gasteiger partial charge in [0.05, 0.1) is 28.2 Å². The molecule has 3 amide bonds. The van der Waals surface area contributed by atoms with Crippen LogP contribution in [0.15, 0.2) is 29.8 Å². The van der Waals surface area contributed by atoms with Crippen molar-refractivity contribution >= 4 is 29.1 Å². The number of hydrogen-bond donors (Lipinski definition) is 3. The number of aromatic nitrogens is 1. The summed E-state index contributed by atoms with van der Waals surface area (Å²) in [6.45, 7) is 13.2. The van der Waals surface area contributed by atoms with Crippen LogP contribution < -0.4 is 10.6 Å². The number of nitrogens with zero attached hydrogens (tertiary/aromatic N) is 2. The van der Waals surface area contributed by atoms with Crippen LogP contribution in [0, 0.1) is 18.3 Å². The van der Waals surface area contributed by atoms with Gasteiger partial charge in [0.15, 0.2) is 0 Å². The fourth-order valence-corrected chi connectivity index (χ4v) is 5.60. The molecule has 0 aliphatic carbocycles. The van der Waals surface area contributed by atoms with E-state index in [1.165, 1.54) is 11.8 Å². The van der Waals surface area contributed by atoms with Crippen LogP contribution in [0.25, 0.3) is 10.4 Å². The van der Waals surface area contributed by atoms with E-state index in [0.717, 1.165) is 28.1 Å². The first-order valence-corrected chi connectivity index (χ1v) is 13.7. The second-order valence-corrected chi connectivity index (χ2v) is 12.3. The Morgan fingerprint density at radius 3 is 2.32 bits per heavy atom. The Balaban J connectivity index is 1.82. The first-order chi connectivity index (χ1) is 17.3. The summed E-state index contributed by atoms with van der Waals surface area (Å²) in [5.41, 5.74) is 4.33. The van der Waals surface area contributed by atoms with Gasteiger partial charge < -0.3 is 20.6 Å². The van der Waals surface area contributed by atoms with Gasteiger partial charge in [-0.05, 0) is 35.8 Å². The SMILES string of the molecule is CC(=O)N[C@H](C(=O)N1C[C@H](O)CC1C(=O)N[C@@H](CC(C)C)c1ccc(-c2scnc2C)cc1)C(C)(C)C. The molecule has 1 aliphatic heterocycles. The maximum Gasteiger partial charge on any atom is 0.246 e. The van der Waals surface area contributed by atoms with Crippen molar-refractivity contribution in [3.05, 3.63) is 41.0 Å². The molecular formula is C28H40N4O4S. The van der Waals surface area contributed by atoms with E-state index in [1.54, 1.807) is 11.3 Å². The van der Waals surface area contributed by atoms with Crippen molar-refractivity contribution < 1.29 is 19.5 Å². The summed E-state index contributed by atoms with van der Waals surface area (Å²) in [5.74, 6) is -0.647. The summed E-state index contributed by atoms with van der Waals surface area (Å²) in [7, 11) is 0. The van der Waals surface area contributed by atoms with Crippen LogP contribution >= 0.6 is 11.3 Å². The molecule has 3 rings (SSSR count). The number of benzene rings is 1. The van der Waals surface area contributed by atoms with Gasteiger partial charge in [-0.1, -0.05) is 58.9 Å². The quantitative estimate of drug-likeness (QED) is 0.482. The van der Waals surface area contributed by atoms with Crippen LogP contribution in [0.3, 0.4) is 0 Å². The van der Waals surface area contributed by atoms with Crippen LogP contribution in [0.1, 0.15) is 71.7 Å². The number of aryl methyl sites for hydroxylation is 1. The summed E-state index contributed by atoms with van der Waals surface area (Å²) in [4.78, 5) is 45.8. The predicted octanol–water partition coefficient (Wildman–Crippen LogP) is 3.83. The highest BCUT2D eigenvalue weighted by atomic mass is 32.1. The third-order valence-corrected chi connectivity index (χ3v) is 7.65. The molecule has 4 atom stereocenters. The lowest BCUT2D eigenvalue weighted by molar-refractivity contribution is -0.144. The number of aliphatic hydroxyl groups excluding tert-OH is 1. The maximum absolute atomic E-state index is 13.6. The zero-order valence-electron chi connectivity index (χ0n) is 22.9. The van der Waals surface area contributed by atoms with Crippen LogP contribution in [0.2, 0.25) is 0 Å². The van der Waals surface area contributed by atoms with E-state index in [2.05, 4.69) is 29.5 Å². The standard InChI is InChI=1S/C28H40N4O4S/c1-16(2)12-22(19-8-10-20(11-9-19)24-17(3)29-15-37-24)31-26(35)23-13-21(34)14-32(23)27(36)25(28(5,6)7)30-18(4)33/h8-11,15-16,21-23,25,34H,12-14H2,1-7H3,(H,30,33)(H,31,35)/t21-,22+,23?,25-/m1/s1. The smallest absolute Gasteiger partial charge is 0.246 e. The lowest BCUT2D eigenvalue weighted by Crippen LogP contribution is -2.57. The zero-order chi connectivity index (χ0) is 27.5. The Morgan fingerprint density at radius 1 is 1.16 bits per heavy atom. The van der Waals surface area contributed by atoms with Gasteiger partial charge in [-0.25, -0.2) is 4.98 Å². The maximum atomic E-state index is 13.6. The molecule has 1 unspecified atom stereocenters. The third kappa shape index (κ3) is 7.17. The van der Waals surface area contributed by atoms with E-state index < -0.39 is 23.6 Å². The molecule has 8 nitrogen and oxygen atoms in total. The molecule has 1 aromatic heterocycles. The molecule has 9 heteroatoms. The molecule has 0 spiro atoms. The van der Waals surface area contributed by atoms with E-state index in [4.69, 9.17) is 0 Å². The molecule has 1 fully saturated rings. The molecule has 2 aromatic rings. The predicted molar refractivity (Wildman–Crippen MR) is 146 cm³/mol. The molecule has 3 N–H and O–H groups in total. The van der Waals surface area contributed by atoms with E-state index in [-0.39, 0.29) is 36.7 Å². The van der Waals surface area contributed by atoms with Crippen molar-refractivity contribution in [1.82, 2.24) is 20.5 Å². The first-order valence-electron chi connectivity index (χ1n) is 12.8. The largest absolute Gasteiger partial charge is 0.391 e. The van der Waals surface area contributed by atoms with E-state index >= 15 is 0 Å². The molecule has 0 radical (unpaired) electrons. The minimum absolute atomic E-state index is 0.0564. The number of nitrogens with one attached hydrogen (secondary N) is 2. The lowest BCUT2D eigenvalue weighted by Gasteiger charge is -2.35. The average Bonchev–Trinajstić information content (AvgIpc) is 3.41. The fraction of sp³-hybridized carbons (Fsp3) is 0.571. The van der Waals surface area contributed by atoms with Crippen molar-refractivity contribution in [1.29, 1.82) is 0 Å². The summed E-state index contributed by atoms with van der Waals surface area (Å²) >= 11 is 1.60. The van der Waals surface area contributed by atoms with Gasteiger partial charge >= 0.3 is 0 Å². The third-order valence-electron chi connectivity index (χ3n) is 6.67. The first kappa shape index (κ1) is 28.8. The molecule has 1 aromatic carbocycles. The fourth-order valence-electron chi connectivity index (χ4n) is 4.79. The summed E-state index contributed by atoms with van der Waals surface area (Å²) in [6, 6.07) is 6.29. The molecule has 1 saturated heterocycles. The van der Waals surface area contributed by atoms with Crippen molar-refractivity contribution in [2.75, 3.05) is 6.54 Å². The molecule has 1 aliphatic rings. The second kappa shape index (κ2) is 11.7. The number of aliphatic hydroxyl groups is 1. The van der Waals surface area contributed by atoms with E-state index in [0.29, 0.717) is 5.92 Å². The van der Waals surface area contributed by atoms with E-state index in [1.807, 2.05) is 57.5 Å². The number of hydrogen-bond acceptors (Lipinski definition) is 6. The molecular weight excluding hydrogens is 488 g/mol. The normalized spacial score (nSPS) is 19.5. The Kier molecular flexibility index (Phi) is 9.13. The van der Waals surface area contributed by atoms with Crippen LogP contribution in [0.5, 0.6) is 0 Å². The number of carbonyl (C=O) groups excluding carboxylic acids is 3. The highest BCUT2D eigenvalue weighted by Gasteiger charge is 2.44. The number of β-amino-alcohol motifs (C(OH)–C–C–N with tert-alkyl or cyclic N) is 1. The van der Waals surface area contributed by atoms with Gasteiger partial charge in [0.2, 0.25) is 17.7 Å². The number of carbonyl (C=O) groups is 3. The van der Waals surface area contributed by atoms with Crippen LogP contribution in [-0.4, -0.2) is 57.4 Å². The van der Waals surface area contributed by atoms with Gasteiger partial charge in [0, 0.05) is 19.9 Å². The topological polar surface area (TPSA) is 112 Å². The van der Waals surface area contributed by atoms with Gasteiger partial charge in [-0.2, -0.15) is 0 Å². The number of thiazole rings is 1. The summed E-state index contributed by atoms with van der Waals surface area (Å²) in [6.07, 6.45) is 0.0831. The minimum Gasteiger partial charge on any atom is -0.391 e. The molecule has 37 heavy (non-hydrogen) atoms. The number of rotatable bonds is 8. The van der Waals surface area contributed by atoms with Crippen LogP contribution in [0.4, 0.5) is 0 Å². The average molecular weight is 529 g/mol. The molecule has 202 valence electrons. The second-order valence-electron chi connectivity index (χ2n) is 11.5. The number of likely N-dealkylation sites (tertiary alicyclic amines) is 1. The van der Waals surface area contributed by atoms with Gasteiger partial charge in [-0.15, -0.1) is 11.3 Å². The van der Waals surface area contributed by atoms with Crippen molar-refractivity contribution in [3.63, 3.8) is 0 Å². The monoisotopic (exact) mass is 528 g/mol. The molecule has 2 heterocycles. The highest BCUT2D eigenvalue weighted by molar-refractivity contribution is 7.13. The minimum atomic E-state index is -0.810. The summed E-state index contributed by atoms with van der Waals surface area (Å²) in [5, 5.41) is 16.3. The Hall–Kier alpha value is -2.78. The molecule has 0 saturated carbocycles. The van der Waals surface area contributed by atoms with Crippen molar-refractivity contribution in [2.24, 2.45) is 11.3 Å². The lowest BCUT2D eigenvalue weighted by atomic mass is 9.85. The van der Waals surface area contributed by atoms with Gasteiger partial charge in [0.25, 0.3) is 0 Å². The Morgan fingerprint density at radius 2 is 1.81 bits per heavy atom. The Bertz CT molecular complexity index is 1110. The van der Waals surface area contributed by atoms with Crippen LogP contribution in [-0.2, 0) is 14.4 Å². The zero-order valence-corrected chi connectivity index (χ0v) is 23.7. The highest BCUT2D eigenvalue weighted by Crippen LogP contribution is 2.31. The molecule has 0 bridgehead atoms. The van der Waals surface area contributed by atoms with Gasteiger partial charge in [0.1, 0.15) is 12.1 Å². The van der Waals surface area contributed by atoms with Crippen molar-refractivity contribution in [2.45, 2.75) is 85.5 Å². The Labute approximate surface area is 223 Å². The van der Waals surface area contributed by atoms with Crippen molar-refractivity contribution in [3.8, 4) is 10.4 Å². The number of amides is 3. The van der Waals surface area contributed by atoms with Gasteiger partial charge in [-0.3, -0.25) is 14.4 Å². The van der Waals surface area contributed by atoms with E-state index in [9.17, 15) is 19.5 Å². The summed E-state index contributed by atoms with van der Waals surface area (Å²) < 4.78 is 0.